The molecule has 1 unspecified atom stereocenters. The van der Waals surface area contributed by atoms with Crippen LogP contribution in [0.25, 0.3) is 0 Å². The second-order valence-electron chi connectivity index (χ2n) is 6.45. The summed E-state index contributed by atoms with van der Waals surface area (Å²) < 4.78 is 65.5. The summed E-state index contributed by atoms with van der Waals surface area (Å²) >= 11 is 3.04. The van der Waals surface area contributed by atoms with Crippen LogP contribution in [0.15, 0.2) is 40.9 Å². The van der Waals surface area contributed by atoms with E-state index in [2.05, 4.69) is 21.2 Å². The second-order valence-corrected chi connectivity index (χ2v) is 7.30. The molecule has 3 rings (SSSR count). The van der Waals surface area contributed by atoms with E-state index < -0.39 is 41.2 Å². The van der Waals surface area contributed by atoms with Crippen molar-refractivity contribution in [2.75, 3.05) is 11.4 Å². The van der Waals surface area contributed by atoms with Crippen molar-refractivity contribution in [1.29, 1.82) is 0 Å². The first kappa shape index (κ1) is 21.2. The molecule has 154 valence electrons. The number of piperidine rings is 1. The van der Waals surface area contributed by atoms with E-state index in [1.807, 2.05) is 0 Å². The van der Waals surface area contributed by atoms with Crippen molar-refractivity contribution in [1.82, 2.24) is 5.32 Å². The normalized spacial score (nSPS) is 17.4. The molecule has 29 heavy (non-hydrogen) atoms. The molecule has 10 heteroatoms. The van der Waals surface area contributed by atoms with Gasteiger partial charge in [-0.1, -0.05) is 0 Å². The number of nitrogens with one attached hydrogen (secondary N) is 1. The number of nitrogens with zero attached hydrogens (tertiary/aromatic N) is 1. The highest BCUT2D eigenvalue weighted by Crippen LogP contribution is 2.32. The molecule has 0 saturated carbocycles. The first-order valence-electron chi connectivity index (χ1n) is 8.52. The number of halogens is 6. The van der Waals surface area contributed by atoms with E-state index in [0.29, 0.717) is 12.5 Å². The van der Waals surface area contributed by atoms with Crippen LogP contribution in [0.1, 0.15) is 28.8 Å². The van der Waals surface area contributed by atoms with E-state index in [1.54, 1.807) is 0 Å². The summed E-state index contributed by atoms with van der Waals surface area (Å²) in [4.78, 5) is 26.4. The Bertz CT molecular complexity index is 964. The zero-order valence-electron chi connectivity index (χ0n) is 14.7. The number of benzene rings is 2. The van der Waals surface area contributed by atoms with Gasteiger partial charge in [-0.2, -0.15) is 13.2 Å². The molecule has 0 bridgehead atoms. The molecule has 2 amide bonds. The maximum Gasteiger partial charge on any atom is 0.416 e. The summed E-state index contributed by atoms with van der Waals surface area (Å²) in [5.74, 6) is -3.58. The van der Waals surface area contributed by atoms with E-state index in [-0.39, 0.29) is 28.7 Å². The summed E-state index contributed by atoms with van der Waals surface area (Å²) in [7, 11) is 0. The van der Waals surface area contributed by atoms with Gasteiger partial charge < -0.3 is 10.2 Å². The molecule has 4 nitrogen and oxygen atoms in total. The molecule has 0 aliphatic carbocycles. The topological polar surface area (TPSA) is 49.4 Å². The molecule has 0 radical (unpaired) electrons. The van der Waals surface area contributed by atoms with Crippen molar-refractivity contribution in [3.63, 3.8) is 0 Å². The van der Waals surface area contributed by atoms with Gasteiger partial charge in [-0.15, -0.1) is 0 Å². The molecular weight excluding hydrogens is 463 g/mol. The average molecular weight is 477 g/mol. The van der Waals surface area contributed by atoms with Gasteiger partial charge in [-0.25, -0.2) is 8.78 Å². The quantitative estimate of drug-likeness (QED) is 0.654. The summed E-state index contributed by atoms with van der Waals surface area (Å²) in [6.07, 6.45) is -3.90. The maximum atomic E-state index is 13.5. The first-order chi connectivity index (χ1) is 13.6. The van der Waals surface area contributed by atoms with Crippen molar-refractivity contribution < 1.29 is 31.5 Å². The van der Waals surface area contributed by atoms with Gasteiger partial charge in [0.05, 0.1) is 11.1 Å². The second kappa shape index (κ2) is 8.10. The Morgan fingerprint density at radius 3 is 2.48 bits per heavy atom. The Hall–Kier alpha value is -2.49. The van der Waals surface area contributed by atoms with Gasteiger partial charge in [0.2, 0.25) is 5.91 Å². The van der Waals surface area contributed by atoms with Gasteiger partial charge in [-0.3, -0.25) is 9.59 Å². The van der Waals surface area contributed by atoms with Crippen LogP contribution in [0.3, 0.4) is 0 Å². The number of rotatable bonds is 3. The minimum absolute atomic E-state index is 0.132. The molecular formula is C19H14BrF5N2O2. The van der Waals surface area contributed by atoms with Crippen LogP contribution >= 0.6 is 15.9 Å². The Labute approximate surface area is 170 Å². The molecule has 1 atom stereocenters. The Morgan fingerprint density at radius 1 is 1.10 bits per heavy atom. The molecule has 2 aromatic rings. The SMILES string of the molecule is O=C(NC1CCCN(c2ccc(F)c(F)c2)C1=O)c1cc(C(F)(F)F)ccc1Br. The summed E-state index contributed by atoms with van der Waals surface area (Å²) in [6.45, 7) is 0.240. The van der Waals surface area contributed by atoms with Crippen LogP contribution in [0, 0.1) is 11.6 Å². The molecule has 1 N–H and O–H groups in total. The number of carbonyl (C=O) groups excluding carboxylic acids is 2. The van der Waals surface area contributed by atoms with Gasteiger partial charge in [-0.05, 0) is 59.1 Å². The zero-order chi connectivity index (χ0) is 21.3. The van der Waals surface area contributed by atoms with Crippen molar-refractivity contribution >= 4 is 33.4 Å². The maximum absolute atomic E-state index is 13.5. The lowest BCUT2D eigenvalue weighted by Crippen LogP contribution is -2.52. The van der Waals surface area contributed by atoms with Gasteiger partial charge in [0.15, 0.2) is 11.6 Å². The predicted octanol–water partition coefficient (Wildman–Crippen LogP) is 4.67. The van der Waals surface area contributed by atoms with Crippen LogP contribution in [-0.2, 0) is 11.0 Å². The lowest BCUT2D eigenvalue weighted by molar-refractivity contribution is -0.137. The summed E-state index contributed by atoms with van der Waals surface area (Å²) in [5.41, 5.74) is -1.13. The largest absolute Gasteiger partial charge is 0.416 e. The molecule has 1 aliphatic rings. The van der Waals surface area contributed by atoms with Crippen LogP contribution in [0.2, 0.25) is 0 Å². The third-order valence-electron chi connectivity index (χ3n) is 4.50. The summed E-state index contributed by atoms with van der Waals surface area (Å²) in [5, 5.41) is 2.43. The Balaban J connectivity index is 1.80. The number of alkyl halides is 3. The Kier molecular flexibility index (Phi) is 5.92. The number of anilines is 1. The minimum Gasteiger partial charge on any atom is -0.340 e. The number of hydrogen-bond donors (Lipinski definition) is 1. The van der Waals surface area contributed by atoms with Crippen molar-refractivity contribution in [2.45, 2.75) is 25.1 Å². The highest BCUT2D eigenvalue weighted by Gasteiger charge is 2.34. The third kappa shape index (κ3) is 4.58. The predicted molar refractivity (Wildman–Crippen MR) is 98.3 cm³/mol. The minimum atomic E-state index is -4.63. The number of hydrogen-bond acceptors (Lipinski definition) is 2. The van der Waals surface area contributed by atoms with Crippen molar-refractivity contribution in [3.8, 4) is 0 Å². The average Bonchev–Trinajstić information content (AvgIpc) is 2.65. The van der Waals surface area contributed by atoms with E-state index in [4.69, 9.17) is 0 Å². The van der Waals surface area contributed by atoms with Gasteiger partial charge in [0.25, 0.3) is 5.91 Å². The monoisotopic (exact) mass is 476 g/mol. The van der Waals surface area contributed by atoms with E-state index in [9.17, 15) is 31.5 Å². The smallest absolute Gasteiger partial charge is 0.340 e. The highest BCUT2D eigenvalue weighted by molar-refractivity contribution is 9.10. The molecule has 0 spiro atoms. The van der Waals surface area contributed by atoms with Crippen LogP contribution in [-0.4, -0.2) is 24.4 Å². The van der Waals surface area contributed by atoms with Gasteiger partial charge in [0.1, 0.15) is 6.04 Å². The lowest BCUT2D eigenvalue weighted by Gasteiger charge is -2.32. The molecule has 2 aromatic carbocycles. The van der Waals surface area contributed by atoms with E-state index >= 15 is 0 Å². The van der Waals surface area contributed by atoms with Crippen LogP contribution in [0.5, 0.6) is 0 Å². The molecule has 1 fully saturated rings. The fraction of sp³-hybridized carbons (Fsp3) is 0.263. The standard InChI is InChI=1S/C19H14BrF5N2O2/c20-13-5-3-10(19(23,24)25)8-12(13)17(28)26-16-2-1-7-27(18(16)29)11-4-6-14(21)15(22)9-11/h3-6,8-9,16H,1-2,7H2,(H,26,28). The van der Waals surface area contributed by atoms with E-state index in [1.165, 1.54) is 11.0 Å². The fourth-order valence-corrected chi connectivity index (χ4v) is 3.46. The molecule has 1 aliphatic heterocycles. The fourth-order valence-electron chi connectivity index (χ4n) is 3.03. The molecule has 0 aromatic heterocycles. The first-order valence-corrected chi connectivity index (χ1v) is 9.31. The van der Waals surface area contributed by atoms with Crippen LogP contribution in [0.4, 0.5) is 27.6 Å². The number of amides is 2. The number of carbonyl (C=O) groups is 2. The van der Waals surface area contributed by atoms with Gasteiger partial charge >= 0.3 is 6.18 Å². The highest BCUT2D eigenvalue weighted by atomic mass is 79.9. The van der Waals surface area contributed by atoms with E-state index in [0.717, 1.165) is 24.3 Å². The lowest BCUT2D eigenvalue weighted by atomic mass is 10.0. The zero-order valence-corrected chi connectivity index (χ0v) is 16.3. The molecule has 1 saturated heterocycles. The Morgan fingerprint density at radius 2 is 1.83 bits per heavy atom. The van der Waals surface area contributed by atoms with Crippen molar-refractivity contribution in [3.05, 3.63) is 63.6 Å². The van der Waals surface area contributed by atoms with Gasteiger partial charge in [0, 0.05) is 22.8 Å². The summed E-state index contributed by atoms with van der Waals surface area (Å²) in [6, 6.07) is 4.63. The molecule has 1 heterocycles. The third-order valence-corrected chi connectivity index (χ3v) is 5.19. The van der Waals surface area contributed by atoms with Crippen molar-refractivity contribution in [2.24, 2.45) is 0 Å². The van der Waals surface area contributed by atoms with Crippen LogP contribution < -0.4 is 10.2 Å².